The minimum Gasteiger partial charge on any atom is -0.487 e. The van der Waals surface area contributed by atoms with Crippen LogP contribution >= 0.6 is 11.6 Å². The summed E-state index contributed by atoms with van der Waals surface area (Å²) >= 11 is 6.50. The molecule has 5 aromatic rings. The Morgan fingerprint density at radius 1 is 1.09 bits per heavy atom. The van der Waals surface area contributed by atoms with Gasteiger partial charge in [0, 0.05) is 25.9 Å². The number of benzene rings is 3. The summed E-state index contributed by atoms with van der Waals surface area (Å²) in [6.45, 7) is 1.43. The van der Waals surface area contributed by atoms with Crippen LogP contribution in [0.5, 0.6) is 5.75 Å². The molecule has 0 spiro atoms. The Morgan fingerprint density at radius 3 is 2.68 bits per heavy atom. The molecule has 0 saturated carbocycles. The van der Waals surface area contributed by atoms with E-state index in [2.05, 4.69) is 15.3 Å². The quantitative estimate of drug-likeness (QED) is 0.166. The van der Waals surface area contributed by atoms with Crippen molar-refractivity contribution in [2.75, 3.05) is 11.8 Å². The van der Waals surface area contributed by atoms with Gasteiger partial charge in [0.1, 0.15) is 47.4 Å². The van der Waals surface area contributed by atoms with Crippen LogP contribution in [-0.4, -0.2) is 33.1 Å². The SMILES string of the molecule is [2H]C([2H])(CC)N(C(=O)OC(C)(C)C)C([2H])([2H])c1ccc(-c2ccc3ncnc(Nc4ccc(OCc5cccc(F)c5)c(Cl)c4)c3c2)o1. The highest BCUT2D eigenvalue weighted by Gasteiger charge is 2.23. The highest BCUT2D eigenvalue weighted by Crippen LogP contribution is 2.33. The van der Waals surface area contributed by atoms with Crippen molar-refractivity contribution >= 4 is 40.1 Å². The molecule has 3 aromatic carbocycles. The molecule has 1 amide bonds. The van der Waals surface area contributed by atoms with Crippen molar-refractivity contribution in [2.24, 2.45) is 0 Å². The van der Waals surface area contributed by atoms with Gasteiger partial charge in [0.05, 0.1) is 19.8 Å². The molecule has 0 aliphatic carbocycles. The molecular formula is C34H34ClFN4O4. The van der Waals surface area contributed by atoms with Gasteiger partial charge in [-0.15, -0.1) is 0 Å². The zero-order valence-corrected chi connectivity index (χ0v) is 25.4. The van der Waals surface area contributed by atoms with Crippen molar-refractivity contribution in [3.8, 4) is 17.1 Å². The molecule has 0 aliphatic heterocycles. The van der Waals surface area contributed by atoms with Crippen molar-refractivity contribution < 1.29 is 28.6 Å². The standard InChI is InChI=1S/C34H34ClFN4O4/c1-5-15-40(33(41)44-34(2,3)4)19-26-11-14-30(43-26)23-9-12-29-27(17-23)32(38-21-37-29)39-25-10-13-31(28(35)18-25)42-20-22-7-6-8-24(36)16-22/h6-14,16-18,21H,5,15,19-20H2,1-4H3,(H,37,38,39)/i15D2,19D2. The van der Waals surface area contributed by atoms with Crippen LogP contribution in [0.25, 0.3) is 22.2 Å². The van der Waals surface area contributed by atoms with Crippen LogP contribution in [0.2, 0.25) is 5.02 Å². The van der Waals surface area contributed by atoms with E-state index in [0.29, 0.717) is 49.2 Å². The molecule has 0 bridgehead atoms. The van der Waals surface area contributed by atoms with Gasteiger partial charge in [0.25, 0.3) is 0 Å². The molecule has 1 N–H and O–H groups in total. The molecule has 2 aromatic heterocycles. The van der Waals surface area contributed by atoms with Crippen molar-refractivity contribution in [1.29, 1.82) is 0 Å². The molecule has 10 heteroatoms. The minimum absolute atomic E-state index is 0.143. The fraction of sp³-hybridized carbons (Fsp3) is 0.265. The number of nitrogens with zero attached hydrogens (tertiary/aromatic N) is 3. The first kappa shape index (κ1) is 25.8. The molecule has 2 heterocycles. The van der Waals surface area contributed by atoms with Gasteiger partial charge in [-0.2, -0.15) is 0 Å². The molecule has 0 unspecified atom stereocenters. The second-order valence-electron chi connectivity index (χ2n) is 10.7. The lowest BCUT2D eigenvalue weighted by atomic mass is 10.1. The highest BCUT2D eigenvalue weighted by atomic mass is 35.5. The fourth-order valence-electron chi connectivity index (χ4n) is 4.21. The number of hydrogen-bond acceptors (Lipinski definition) is 7. The number of carbonyl (C=O) groups excluding carboxylic acids is 1. The largest absolute Gasteiger partial charge is 0.487 e. The summed E-state index contributed by atoms with van der Waals surface area (Å²) in [5, 5.41) is 4.20. The maximum Gasteiger partial charge on any atom is 0.410 e. The lowest BCUT2D eigenvalue weighted by Gasteiger charge is -2.26. The third kappa shape index (κ3) is 7.85. The second kappa shape index (κ2) is 13.3. The van der Waals surface area contributed by atoms with E-state index >= 15 is 0 Å². The van der Waals surface area contributed by atoms with Gasteiger partial charge in [-0.05, 0) is 93.4 Å². The van der Waals surface area contributed by atoms with E-state index in [1.165, 1.54) is 31.5 Å². The van der Waals surface area contributed by atoms with Crippen LogP contribution in [0.3, 0.4) is 0 Å². The Balaban J connectivity index is 1.40. The van der Waals surface area contributed by atoms with Crippen LogP contribution in [0, 0.1) is 5.82 Å². The van der Waals surface area contributed by atoms with Crippen LogP contribution in [0.1, 0.15) is 50.9 Å². The average Bonchev–Trinajstić information content (AvgIpc) is 3.51. The molecule has 0 radical (unpaired) electrons. The first-order valence-corrected chi connectivity index (χ1v) is 14.3. The van der Waals surface area contributed by atoms with Gasteiger partial charge in [0.2, 0.25) is 0 Å². The first-order chi connectivity index (χ1) is 22.6. The number of amides is 1. The minimum atomic E-state index is -2.70. The van der Waals surface area contributed by atoms with E-state index in [1.54, 1.807) is 75.4 Å². The van der Waals surface area contributed by atoms with E-state index in [0.717, 1.165) is 0 Å². The topological polar surface area (TPSA) is 89.7 Å². The third-order valence-corrected chi connectivity index (χ3v) is 6.41. The van der Waals surface area contributed by atoms with Crippen molar-refractivity contribution in [1.82, 2.24) is 14.9 Å². The summed E-state index contributed by atoms with van der Waals surface area (Å²) in [5.41, 5.74) is 1.48. The van der Waals surface area contributed by atoms with Crippen molar-refractivity contribution in [3.63, 3.8) is 0 Å². The second-order valence-corrected chi connectivity index (χ2v) is 11.2. The maximum atomic E-state index is 13.5. The van der Waals surface area contributed by atoms with Crippen LogP contribution in [0.15, 0.2) is 83.5 Å². The molecule has 44 heavy (non-hydrogen) atoms. The highest BCUT2D eigenvalue weighted by molar-refractivity contribution is 6.32. The van der Waals surface area contributed by atoms with Gasteiger partial charge < -0.3 is 24.1 Å². The van der Waals surface area contributed by atoms with E-state index < -0.39 is 24.7 Å². The van der Waals surface area contributed by atoms with Crippen LogP contribution in [0.4, 0.5) is 20.7 Å². The lowest BCUT2D eigenvalue weighted by molar-refractivity contribution is 0.0221. The van der Waals surface area contributed by atoms with E-state index in [9.17, 15) is 9.18 Å². The van der Waals surface area contributed by atoms with Crippen molar-refractivity contribution in [3.05, 3.63) is 101 Å². The summed E-state index contributed by atoms with van der Waals surface area (Å²) < 4.78 is 65.0. The fourth-order valence-corrected chi connectivity index (χ4v) is 4.44. The monoisotopic (exact) mass is 620 g/mol. The summed E-state index contributed by atoms with van der Waals surface area (Å²) in [6.07, 6.45) is 0.0759. The van der Waals surface area contributed by atoms with Gasteiger partial charge in [-0.1, -0.05) is 30.7 Å². The molecule has 5 rings (SSSR count). The van der Waals surface area contributed by atoms with Gasteiger partial charge in [-0.3, -0.25) is 0 Å². The zero-order chi connectivity index (χ0) is 34.9. The number of halogens is 2. The van der Waals surface area contributed by atoms with Gasteiger partial charge in [0.15, 0.2) is 0 Å². The Labute approximate surface area is 266 Å². The van der Waals surface area contributed by atoms with Crippen LogP contribution < -0.4 is 10.1 Å². The number of nitrogens with one attached hydrogen (secondary N) is 1. The molecule has 0 atom stereocenters. The summed E-state index contributed by atoms with van der Waals surface area (Å²) in [6, 6.07) is 19.4. The predicted molar refractivity (Wildman–Crippen MR) is 170 cm³/mol. The smallest absolute Gasteiger partial charge is 0.410 e. The molecule has 0 aliphatic rings. The van der Waals surface area contributed by atoms with E-state index in [1.807, 2.05) is 0 Å². The lowest BCUT2D eigenvalue weighted by Crippen LogP contribution is -2.36. The van der Waals surface area contributed by atoms with Crippen molar-refractivity contribution in [2.45, 2.75) is 52.8 Å². The van der Waals surface area contributed by atoms with E-state index in [4.69, 9.17) is 31.0 Å². The third-order valence-electron chi connectivity index (χ3n) is 6.12. The predicted octanol–water partition coefficient (Wildman–Crippen LogP) is 9.15. The molecule has 0 fully saturated rings. The maximum absolute atomic E-state index is 13.5. The Kier molecular flexibility index (Phi) is 7.83. The summed E-state index contributed by atoms with van der Waals surface area (Å²) in [5.74, 6) is 0.525. The average molecular weight is 621 g/mol. The number of anilines is 2. The number of rotatable bonds is 10. The molecular weight excluding hydrogens is 583 g/mol. The first-order valence-electron chi connectivity index (χ1n) is 15.9. The normalized spacial score (nSPS) is 13.4. The Morgan fingerprint density at radius 2 is 1.93 bits per heavy atom. The molecule has 8 nitrogen and oxygen atoms in total. The number of furan rings is 1. The summed E-state index contributed by atoms with van der Waals surface area (Å²) in [4.78, 5) is 22.3. The Bertz CT molecular complexity index is 1950. The van der Waals surface area contributed by atoms with Gasteiger partial charge in [-0.25, -0.2) is 19.2 Å². The number of ether oxygens (including phenoxy) is 2. The van der Waals surface area contributed by atoms with Crippen LogP contribution in [-0.2, 0) is 17.8 Å². The van der Waals surface area contributed by atoms with E-state index in [-0.39, 0.29) is 30.4 Å². The zero-order valence-electron chi connectivity index (χ0n) is 28.7. The number of fused-ring (bicyclic) bond motifs is 1. The Hall–Kier alpha value is -4.63. The molecule has 0 saturated heterocycles. The number of hydrogen-bond donors (Lipinski definition) is 1. The number of aromatic nitrogens is 2. The molecule has 228 valence electrons. The summed E-state index contributed by atoms with van der Waals surface area (Å²) in [7, 11) is 0. The van der Waals surface area contributed by atoms with Gasteiger partial charge >= 0.3 is 6.09 Å². The number of carbonyl (C=O) groups is 1.